The van der Waals surface area contributed by atoms with Gasteiger partial charge in [0.1, 0.15) is 11.5 Å². The van der Waals surface area contributed by atoms with E-state index >= 15 is 0 Å². The minimum Gasteiger partial charge on any atom is -0.384 e. The van der Waals surface area contributed by atoms with Crippen LogP contribution < -0.4 is 11.1 Å². The molecule has 0 spiro atoms. The number of aromatic nitrogens is 1. The fourth-order valence-corrected chi connectivity index (χ4v) is 2.28. The van der Waals surface area contributed by atoms with Crippen LogP contribution in [0.15, 0.2) is 36.4 Å². The SMILES string of the molecule is CC(NC(=O)c1nc(N)ccc1Cl)c1ccccc1Cl. The summed E-state index contributed by atoms with van der Waals surface area (Å²) in [4.78, 5) is 16.1. The lowest BCUT2D eigenvalue weighted by Gasteiger charge is -2.15. The van der Waals surface area contributed by atoms with Crippen LogP contribution in [0.1, 0.15) is 29.0 Å². The van der Waals surface area contributed by atoms with E-state index in [2.05, 4.69) is 10.3 Å². The molecule has 1 aromatic carbocycles. The van der Waals surface area contributed by atoms with Crippen LogP contribution in [-0.2, 0) is 0 Å². The van der Waals surface area contributed by atoms with Crippen molar-refractivity contribution in [3.8, 4) is 0 Å². The van der Waals surface area contributed by atoms with E-state index < -0.39 is 5.91 Å². The molecule has 1 amide bonds. The summed E-state index contributed by atoms with van der Waals surface area (Å²) in [7, 11) is 0. The van der Waals surface area contributed by atoms with E-state index in [4.69, 9.17) is 28.9 Å². The van der Waals surface area contributed by atoms with Gasteiger partial charge < -0.3 is 11.1 Å². The number of carbonyl (C=O) groups excluding carboxylic acids is 1. The topological polar surface area (TPSA) is 68.0 Å². The Labute approximate surface area is 126 Å². The van der Waals surface area contributed by atoms with Gasteiger partial charge in [-0.25, -0.2) is 4.98 Å². The molecule has 1 atom stereocenters. The number of anilines is 1. The molecule has 0 bridgehead atoms. The molecule has 0 aliphatic rings. The van der Waals surface area contributed by atoms with Crippen molar-refractivity contribution in [3.05, 3.63) is 57.7 Å². The first-order valence-electron chi connectivity index (χ1n) is 5.96. The normalized spacial score (nSPS) is 11.9. The Hall–Kier alpha value is -1.78. The van der Waals surface area contributed by atoms with Gasteiger partial charge in [0, 0.05) is 5.02 Å². The predicted octanol–water partition coefficient (Wildman–Crippen LogP) is 3.46. The first kappa shape index (κ1) is 14.6. The second-order valence-electron chi connectivity index (χ2n) is 4.28. The van der Waals surface area contributed by atoms with Crippen molar-refractivity contribution < 1.29 is 4.79 Å². The molecule has 3 N–H and O–H groups in total. The lowest BCUT2D eigenvalue weighted by molar-refractivity contribution is 0.0935. The molecule has 1 heterocycles. The number of nitrogens with zero attached hydrogens (tertiary/aromatic N) is 1. The summed E-state index contributed by atoms with van der Waals surface area (Å²) in [6.07, 6.45) is 0. The van der Waals surface area contributed by atoms with Crippen LogP contribution in [0.5, 0.6) is 0 Å². The van der Waals surface area contributed by atoms with Crippen molar-refractivity contribution in [2.24, 2.45) is 0 Å². The average Bonchev–Trinajstić information content (AvgIpc) is 2.41. The number of nitrogens with one attached hydrogen (secondary N) is 1. The molecule has 0 radical (unpaired) electrons. The molecule has 4 nitrogen and oxygen atoms in total. The first-order valence-corrected chi connectivity index (χ1v) is 6.72. The molecule has 0 fully saturated rings. The van der Waals surface area contributed by atoms with Crippen molar-refractivity contribution in [2.45, 2.75) is 13.0 Å². The summed E-state index contributed by atoms with van der Waals surface area (Å²) in [6, 6.07) is 10.1. The zero-order valence-corrected chi connectivity index (χ0v) is 12.2. The van der Waals surface area contributed by atoms with Crippen LogP contribution in [0.3, 0.4) is 0 Å². The molecule has 2 rings (SSSR count). The van der Waals surface area contributed by atoms with Crippen molar-refractivity contribution in [1.82, 2.24) is 10.3 Å². The molecule has 1 aromatic heterocycles. The van der Waals surface area contributed by atoms with Crippen LogP contribution in [0, 0.1) is 0 Å². The van der Waals surface area contributed by atoms with Crippen molar-refractivity contribution >= 4 is 34.9 Å². The lowest BCUT2D eigenvalue weighted by atomic mass is 10.1. The highest BCUT2D eigenvalue weighted by Gasteiger charge is 2.17. The highest BCUT2D eigenvalue weighted by atomic mass is 35.5. The fourth-order valence-electron chi connectivity index (χ4n) is 1.79. The van der Waals surface area contributed by atoms with Gasteiger partial charge in [0.25, 0.3) is 5.91 Å². The molecular formula is C14H13Cl2N3O. The molecule has 6 heteroatoms. The maximum absolute atomic E-state index is 12.2. The van der Waals surface area contributed by atoms with Crippen LogP contribution in [-0.4, -0.2) is 10.9 Å². The Morgan fingerprint density at radius 2 is 1.90 bits per heavy atom. The van der Waals surface area contributed by atoms with Crippen molar-refractivity contribution in [1.29, 1.82) is 0 Å². The number of carbonyl (C=O) groups is 1. The Kier molecular flexibility index (Phi) is 4.47. The van der Waals surface area contributed by atoms with Gasteiger partial charge >= 0.3 is 0 Å². The van der Waals surface area contributed by atoms with E-state index in [0.29, 0.717) is 5.02 Å². The fraction of sp³-hybridized carbons (Fsp3) is 0.143. The predicted molar refractivity (Wildman–Crippen MR) is 81.0 cm³/mol. The van der Waals surface area contributed by atoms with Gasteiger partial charge in [-0.1, -0.05) is 41.4 Å². The molecule has 20 heavy (non-hydrogen) atoms. The highest BCUT2D eigenvalue weighted by molar-refractivity contribution is 6.33. The Morgan fingerprint density at radius 1 is 1.20 bits per heavy atom. The summed E-state index contributed by atoms with van der Waals surface area (Å²) in [6.45, 7) is 1.83. The second kappa shape index (κ2) is 6.11. The standard InChI is InChI=1S/C14H13Cl2N3O/c1-8(9-4-2-3-5-10(9)15)18-14(20)13-11(16)6-7-12(17)19-13/h2-8H,1H3,(H2,17,19)(H,18,20). The number of benzene rings is 1. The van der Waals surface area contributed by atoms with Crippen LogP contribution in [0.4, 0.5) is 5.82 Å². The van der Waals surface area contributed by atoms with E-state index in [0.717, 1.165) is 5.56 Å². The maximum atomic E-state index is 12.2. The smallest absolute Gasteiger partial charge is 0.271 e. The number of hydrogen-bond acceptors (Lipinski definition) is 3. The molecule has 104 valence electrons. The van der Waals surface area contributed by atoms with Gasteiger partial charge in [0.2, 0.25) is 0 Å². The third-order valence-corrected chi connectivity index (χ3v) is 3.45. The minimum atomic E-state index is -0.394. The summed E-state index contributed by atoms with van der Waals surface area (Å²) in [5, 5.41) is 3.64. The van der Waals surface area contributed by atoms with E-state index in [1.165, 1.54) is 6.07 Å². The number of pyridine rings is 1. The summed E-state index contributed by atoms with van der Waals surface area (Å²) >= 11 is 12.0. The van der Waals surface area contributed by atoms with Crippen LogP contribution in [0.25, 0.3) is 0 Å². The molecule has 0 aliphatic carbocycles. The van der Waals surface area contributed by atoms with E-state index in [1.54, 1.807) is 12.1 Å². The lowest BCUT2D eigenvalue weighted by Crippen LogP contribution is -2.28. The largest absolute Gasteiger partial charge is 0.384 e. The third kappa shape index (κ3) is 3.21. The zero-order chi connectivity index (χ0) is 14.7. The Morgan fingerprint density at radius 3 is 2.60 bits per heavy atom. The average molecular weight is 310 g/mol. The number of hydrogen-bond donors (Lipinski definition) is 2. The molecule has 2 aromatic rings. The second-order valence-corrected chi connectivity index (χ2v) is 5.10. The highest BCUT2D eigenvalue weighted by Crippen LogP contribution is 2.23. The molecule has 0 saturated carbocycles. The number of rotatable bonds is 3. The monoisotopic (exact) mass is 309 g/mol. The summed E-state index contributed by atoms with van der Waals surface area (Å²) in [5.41, 5.74) is 6.48. The first-order chi connectivity index (χ1) is 9.49. The molecule has 0 aliphatic heterocycles. The van der Waals surface area contributed by atoms with Crippen LogP contribution in [0.2, 0.25) is 10.0 Å². The number of amides is 1. The van der Waals surface area contributed by atoms with Gasteiger partial charge in [0.05, 0.1) is 11.1 Å². The van der Waals surface area contributed by atoms with Crippen molar-refractivity contribution in [3.63, 3.8) is 0 Å². The molecular weight excluding hydrogens is 297 g/mol. The summed E-state index contributed by atoms with van der Waals surface area (Å²) < 4.78 is 0. The number of halogens is 2. The number of nitrogen functional groups attached to an aromatic ring is 1. The third-order valence-electron chi connectivity index (χ3n) is 2.80. The Bertz CT molecular complexity index is 646. The van der Waals surface area contributed by atoms with Crippen LogP contribution >= 0.6 is 23.2 Å². The maximum Gasteiger partial charge on any atom is 0.271 e. The van der Waals surface area contributed by atoms with Crippen molar-refractivity contribution in [2.75, 3.05) is 5.73 Å². The van der Waals surface area contributed by atoms with Gasteiger partial charge in [-0.05, 0) is 30.7 Å². The quantitative estimate of drug-likeness (QED) is 0.912. The van der Waals surface area contributed by atoms with E-state index in [9.17, 15) is 4.79 Å². The van der Waals surface area contributed by atoms with Gasteiger partial charge in [-0.15, -0.1) is 0 Å². The molecule has 1 unspecified atom stereocenters. The number of nitrogens with two attached hydrogens (primary N) is 1. The van der Waals surface area contributed by atoms with Gasteiger partial charge in [-0.3, -0.25) is 4.79 Å². The van der Waals surface area contributed by atoms with Gasteiger partial charge in [-0.2, -0.15) is 0 Å². The molecule has 0 saturated heterocycles. The van der Waals surface area contributed by atoms with Gasteiger partial charge in [0.15, 0.2) is 0 Å². The Balaban J connectivity index is 2.20. The minimum absolute atomic E-state index is 0.102. The summed E-state index contributed by atoms with van der Waals surface area (Å²) in [5.74, 6) is -0.153. The zero-order valence-electron chi connectivity index (χ0n) is 10.7. The van der Waals surface area contributed by atoms with E-state index in [-0.39, 0.29) is 22.6 Å². The van der Waals surface area contributed by atoms with E-state index in [1.807, 2.05) is 25.1 Å².